The highest BCUT2D eigenvalue weighted by molar-refractivity contribution is 5.94. The third-order valence-electron chi connectivity index (χ3n) is 2.60. The van der Waals surface area contributed by atoms with Gasteiger partial charge in [-0.05, 0) is 54.4 Å². The molecule has 0 aliphatic carbocycles. The summed E-state index contributed by atoms with van der Waals surface area (Å²) in [5.41, 5.74) is -1.73. The second-order valence-electron chi connectivity index (χ2n) is 7.24. The number of aliphatic hydroxyl groups is 1. The van der Waals surface area contributed by atoms with Crippen LogP contribution in [0.25, 0.3) is 0 Å². The Kier molecular flexibility index (Phi) is 8.19. The highest BCUT2D eigenvalue weighted by Gasteiger charge is 2.40. The molecule has 0 aliphatic rings. The number of rotatable bonds is 5. The van der Waals surface area contributed by atoms with E-state index in [1.807, 2.05) is 0 Å². The Morgan fingerprint density at radius 3 is 1.67 bits per heavy atom. The van der Waals surface area contributed by atoms with E-state index < -0.39 is 35.4 Å². The summed E-state index contributed by atoms with van der Waals surface area (Å²) < 4.78 is 15.1. The molecule has 0 aliphatic heterocycles. The molecule has 0 radical (unpaired) electrons. The molecule has 0 spiro atoms. The van der Waals surface area contributed by atoms with E-state index in [-0.39, 0.29) is 19.4 Å². The second kappa shape index (κ2) is 8.86. The molecule has 0 aromatic rings. The lowest BCUT2D eigenvalue weighted by Gasteiger charge is -2.32. The van der Waals surface area contributed by atoms with Gasteiger partial charge in [-0.2, -0.15) is 4.90 Å². The largest absolute Gasteiger partial charge is 0.467 e. The van der Waals surface area contributed by atoms with Gasteiger partial charge in [0, 0.05) is 6.61 Å². The van der Waals surface area contributed by atoms with Crippen LogP contribution in [0.5, 0.6) is 0 Å². The highest BCUT2D eigenvalue weighted by atomic mass is 16.6. The van der Waals surface area contributed by atoms with Crippen molar-refractivity contribution >= 4 is 18.2 Å². The first-order chi connectivity index (χ1) is 10.8. The van der Waals surface area contributed by atoms with E-state index in [9.17, 15) is 14.4 Å². The van der Waals surface area contributed by atoms with Gasteiger partial charge < -0.3 is 19.3 Å². The standard InChI is InChI=1S/C16H29NO7/c1-15(2,3)23-13(20)17(14(21)24-16(4,5)6)11(9-8-10-18)12(19)22-7/h11,18H,8-10H2,1-7H3. The van der Waals surface area contributed by atoms with Gasteiger partial charge in [-0.3, -0.25) is 0 Å². The summed E-state index contributed by atoms with van der Waals surface area (Å²) in [7, 11) is 1.15. The maximum Gasteiger partial charge on any atom is 0.420 e. The maximum absolute atomic E-state index is 12.4. The average Bonchev–Trinajstić information content (AvgIpc) is 2.38. The third-order valence-corrected chi connectivity index (χ3v) is 2.60. The molecule has 0 aromatic carbocycles. The number of amides is 2. The first-order valence-corrected chi connectivity index (χ1v) is 7.76. The van der Waals surface area contributed by atoms with E-state index in [1.165, 1.54) is 0 Å². The Hall–Kier alpha value is -1.83. The van der Waals surface area contributed by atoms with Crippen molar-refractivity contribution in [3.8, 4) is 0 Å². The summed E-state index contributed by atoms with van der Waals surface area (Å²) >= 11 is 0. The molecule has 140 valence electrons. The third kappa shape index (κ3) is 8.14. The predicted octanol–water partition coefficient (Wildman–Crippen LogP) is 2.47. The fourth-order valence-electron chi connectivity index (χ4n) is 1.72. The number of hydrogen-bond donors (Lipinski definition) is 1. The van der Waals surface area contributed by atoms with E-state index in [1.54, 1.807) is 41.5 Å². The Morgan fingerprint density at radius 2 is 1.38 bits per heavy atom. The minimum absolute atomic E-state index is 0.0294. The number of carbonyl (C=O) groups excluding carboxylic acids is 3. The number of nitrogens with zero attached hydrogens (tertiary/aromatic N) is 1. The number of methoxy groups -OCH3 is 1. The first kappa shape index (κ1) is 22.2. The van der Waals surface area contributed by atoms with Crippen molar-refractivity contribution in [3.63, 3.8) is 0 Å². The van der Waals surface area contributed by atoms with Crippen LogP contribution in [0.2, 0.25) is 0 Å². The molecule has 0 bridgehead atoms. The molecular weight excluding hydrogens is 318 g/mol. The van der Waals surface area contributed by atoms with Gasteiger partial charge in [-0.25, -0.2) is 14.4 Å². The minimum atomic E-state index is -1.24. The molecule has 0 saturated carbocycles. The number of ether oxygens (including phenoxy) is 3. The number of imide groups is 1. The summed E-state index contributed by atoms with van der Waals surface area (Å²) in [6.45, 7) is 9.62. The molecule has 0 rings (SSSR count). The van der Waals surface area contributed by atoms with Gasteiger partial charge in [-0.15, -0.1) is 0 Å². The van der Waals surface area contributed by atoms with E-state index in [4.69, 9.17) is 14.6 Å². The topological polar surface area (TPSA) is 102 Å². The van der Waals surface area contributed by atoms with Gasteiger partial charge in [0.15, 0.2) is 0 Å². The Balaban J connectivity index is 5.65. The molecule has 0 aromatic heterocycles. The van der Waals surface area contributed by atoms with E-state index >= 15 is 0 Å². The lowest BCUT2D eigenvalue weighted by Crippen LogP contribution is -2.52. The molecule has 8 nitrogen and oxygen atoms in total. The normalized spacial score (nSPS) is 13.0. The summed E-state index contributed by atoms with van der Waals surface area (Å²) in [4.78, 5) is 37.5. The van der Waals surface area contributed by atoms with Crippen molar-refractivity contribution in [2.45, 2.75) is 71.6 Å². The zero-order valence-electron chi connectivity index (χ0n) is 15.5. The summed E-state index contributed by atoms with van der Waals surface area (Å²) in [6.07, 6.45) is -1.79. The number of aliphatic hydroxyl groups excluding tert-OH is 1. The van der Waals surface area contributed by atoms with Crippen LogP contribution in [0.3, 0.4) is 0 Å². The first-order valence-electron chi connectivity index (χ1n) is 7.76. The predicted molar refractivity (Wildman–Crippen MR) is 86.4 cm³/mol. The Morgan fingerprint density at radius 1 is 0.958 bits per heavy atom. The lowest BCUT2D eigenvalue weighted by molar-refractivity contribution is -0.147. The van der Waals surface area contributed by atoms with Crippen molar-refractivity contribution in [2.75, 3.05) is 13.7 Å². The van der Waals surface area contributed by atoms with Gasteiger partial charge in [0.25, 0.3) is 0 Å². The molecule has 1 unspecified atom stereocenters. The quantitative estimate of drug-likeness (QED) is 0.602. The zero-order chi connectivity index (χ0) is 19.1. The van der Waals surface area contributed by atoms with Crippen LogP contribution in [0.15, 0.2) is 0 Å². The Bertz CT molecular complexity index is 420. The van der Waals surface area contributed by atoms with Gasteiger partial charge in [0.2, 0.25) is 0 Å². The van der Waals surface area contributed by atoms with Gasteiger partial charge in [-0.1, -0.05) is 0 Å². The fraction of sp³-hybridized carbons (Fsp3) is 0.812. The number of hydrogen-bond acceptors (Lipinski definition) is 7. The van der Waals surface area contributed by atoms with Crippen molar-refractivity contribution in [3.05, 3.63) is 0 Å². The minimum Gasteiger partial charge on any atom is -0.467 e. The van der Waals surface area contributed by atoms with Crippen molar-refractivity contribution < 1.29 is 33.7 Å². The molecule has 1 N–H and O–H groups in total. The molecule has 24 heavy (non-hydrogen) atoms. The van der Waals surface area contributed by atoms with Crippen molar-refractivity contribution in [1.29, 1.82) is 0 Å². The molecule has 1 atom stereocenters. The molecule has 0 heterocycles. The van der Waals surface area contributed by atoms with Crippen molar-refractivity contribution in [1.82, 2.24) is 4.90 Å². The van der Waals surface area contributed by atoms with Crippen LogP contribution in [0.4, 0.5) is 9.59 Å². The molecular formula is C16H29NO7. The lowest BCUT2D eigenvalue weighted by atomic mass is 10.1. The van der Waals surface area contributed by atoms with Crippen LogP contribution >= 0.6 is 0 Å². The Labute approximate surface area is 143 Å². The molecule has 0 fully saturated rings. The number of carbonyl (C=O) groups is 3. The summed E-state index contributed by atoms with van der Waals surface area (Å²) in [5.74, 6) is -0.792. The molecule has 8 heteroatoms. The maximum atomic E-state index is 12.4. The SMILES string of the molecule is COC(=O)C(CCCO)N(C(=O)OC(C)(C)C)C(=O)OC(C)(C)C. The number of esters is 1. The van der Waals surface area contributed by atoms with Crippen LogP contribution in [-0.4, -0.2) is 59.1 Å². The fourth-order valence-corrected chi connectivity index (χ4v) is 1.72. The molecule has 2 amide bonds. The van der Waals surface area contributed by atoms with E-state index in [2.05, 4.69) is 4.74 Å². The molecule has 0 saturated heterocycles. The summed E-state index contributed by atoms with van der Waals surface area (Å²) in [5, 5.41) is 9.00. The van der Waals surface area contributed by atoms with Crippen molar-refractivity contribution in [2.24, 2.45) is 0 Å². The van der Waals surface area contributed by atoms with Gasteiger partial charge in [0.1, 0.15) is 17.2 Å². The van der Waals surface area contributed by atoms with Gasteiger partial charge in [0.05, 0.1) is 7.11 Å². The zero-order valence-corrected chi connectivity index (χ0v) is 15.5. The van der Waals surface area contributed by atoms with Crippen LogP contribution in [0.1, 0.15) is 54.4 Å². The van der Waals surface area contributed by atoms with Crippen LogP contribution in [0, 0.1) is 0 Å². The van der Waals surface area contributed by atoms with E-state index in [0.29, 0.717) is 4.90 Å². The summed E-state index contributed by atoms with van der Waals surface area (Å²) in [6, 6.07) is -1.24. The average molecular weight is 347 g/mol. The van der Waals surface area contributed by atoms with Gasteiger partial charge >= 0.3 is 18.2 Å². The van der Waals surface area contributed by atoms with E-state index in [0.717, 1.165) is 7.11 Å². The smallest absolute Gasteiger partial charge is 0.420 e. The van der Waals surface area contributed by atoms with Crippen LogP contribution < -0.4 is 0 Å². The second-order valence-corrected chi connectivity index (χ2v) is 7.24. The monoisotopic (exact) mass is 347 g/mol. The van der Waals surface area contributed by atoms with Crippen LogP contribution in [-0.2, 0) is 19.0 Å². The highest BCUT2D eigenvalue weighted by Crippen LogP contribution is 2.19.